The second-order valence-electron chi connectivity index (χ2n) is 12.3. The summed E-state index contributed by atoms with van der Waals surface area (Å²) in [4.78, 5) is 54.7. The first-order valence-corrected chi connectivity index (χ1v) is 16.7. The number of nitrogens with zero attached hydrogens (tertiary/aromatic N) is 2. The Hall–Kier alpha value is -3.92. The van der Waals surface area contributed by atoms with Crippen LogP contribution in [-0.2, 0) is 0 Å². The molecular weight excluding hydrogens is 656 g/mol. The van der Waals surface area contributed by atoms with Gasteiger partial charge in [-0.2, -0.15) is 0 Å². The molecule has 2 aliphatic heterocycles. The Kier molecular flexibility index (Phi) is 11.9. The normalized spacial score (nSPS) is 14.0. The zero-order valence-corrected chi connectivity index (χ0v) is 28.5. The fraction of sp³-hybridized carbons (Fsp3) is 0.368. The molecule has 2 N–H and O–H groups in total. The van der Waals surface area contributed by atoms with E-state index in [2.05, 4.69) is 10.6 Å². The molecule has 2 heterocycles. The molecule has 0 saturated carbocycles. The van der Waals surface area contributed by atoms with Crippen molar-refractivity contribution in [2.24, 2.45) is 0 Å². The number of hydrogen-bond donors (Lipinski definition) is 2. The van der Waals surface area contributed by atoms with Gasteiger partial charge in [-0.1, -0.05) is 74.2 Å². The van der Waals surface area contributed by atoms with Gasteiger partial charge in [0.1, 0.15) is 0 Å². The summed E-state index contributed by atoms with van der Waals surface area (Å²) in [6, 6.07) is 22.5. The van der Waals surface area contributed by atoms with E-state index in [-0.39, 0.29) is 40.6 Å². The van der Waals surface area contributed by atoms with Gasteiger partial charge in [0, 0.05) is 46.1 Å². The summed E-state index contributed by atoms with van der Waals surface area (Å²) < 4.78 is 0. The molecule has 6 rings (SSSR count). The summed E-state index contributed by atoms with van der Waals surface area (Å²) in [7, 11) is 0. The van der Waals surface area contributed by atoms with Crippen molar-refractivity contribution in [1.82, 2.24) is 20.4 Å². The molecule has 0 atom stereocenters. The van der Waals surface area contributed by atoms with Gasteiger partial charge in [-0.05, 0) is 86.9 Å². The highest BCUT2D eigenvalue weighted by Crippen LogP contribution is 2.31. The molecule has 246 valence electrons. The van der Waals surface area contributed by atoms with Gasteiger partial charge < -0.3 is 10.6 Å². The summed E-state index contributed by atoms with van der Waals surface area (Å²) in [5.41, 5.74) is 2.46. The van der Waals surface area contributed by atoms with Crippen LogP contribution in [0.3, 0.4) is 0 Å². The zero-order chi connectivity index (χ0) is 31.9. The van der Waals surface area contributed by atoms with Gasteiger partial charge in [0.05, 0.1) is 0 Å². The Labute approximate surface area is 286 Å². The standard InChI is InChI=1S/C38H42N4O4.BrH/c43-35-29-17-7-13-27-14-8-18-30(33(27)29)36(44)41(35)25-11-23-39-21-5-3-1-2-4-6-22-40-24-12-26-42-37(45)31-19-9-15-28-16-10-20-32(34(28)31)38(42)46;/h7-10,13-20,39-40H,1-6,11-12,21-26H2;1H. The molecule has 0 unspecified atom stereocenters. The molecule has 47 heavy (non-hydrogen) atoms. The Morgan fingerprint density at radius 3 is 1.04 bits per heavy atom. The first-order chi connectivity index (χ1) is 22.6. The zero-order valence-electron chi connectivity index (χ0n) is 26.8. The van der Waals surface area contributed by atoms with Crippen LogP contribution >= 0.6 is 17.0 Å². The van der Waals surface area contributed by atoms with Gasteiger partial charge in [0.2, 0.25) is 0 Å². The summed E-state index contributed by atoms with van der Waals surface area (Å²) in [5.74, 6) is -0.779. The van der Waals surface area contributed by atoms with E-state index in [0.717, 1.165) is 73.4 Å². The van der Waals surface area contributed by atoms with E-state index in [4.69, 9.17) is 0 Å². The predicted octanol–water partition coefficient (Wildman–Crippen LogP) is 6.76. The number of rotatable bonds is 17. The van der Waals surface area contributed by atoms with E-state index in [1.165, 1.54) is 35.5 Å². The molecule has 4 amide bonds. The molecule has 0 saturated heterocycles. The summed E-state index contributed by atoms with van der Waals surface area (Å²) in [6.07, 6.45) is 8.46. The molecule has 0 fully saturated rings. The fourth-order valence-corrected chi connectivity index (χ4v) is 6.75. The van der Waals surface area contributed by atoms with E-state index >= 15 is 0 Å². The van der Waals surface area contributed by atoms with Crippen molar-refractivity contribution in [2.75, 3.05) is 39.3 Å². The maximum atomic E-state index is 13.0. The Morgan fingerprint density at radius 1 is 0.404 bits per heavy atom. The topological polar surface area (TPSA) is 98.8 Å². The first kappa shape index (κ1) is 34.4. The minimum Gasteiger partial charge on any atom is -0.317 e. The average molecular weight is 700 g/mol. The second kappa shape index (κ2) is 16.3. The maximum absolute atomic E-state index is 13.0. The number of halogens is 1. The minimum atomic E-state index is -0.195. The number of carbonyl (C=O) groups excluding carboxylic acids is 4. The van der Waals surface area contributed by atoms with E-state index in [1.54, 1.807) is 0 Å². The third-order valence-electron chi connectivity index (χ3n) is 9.14. The lowest BCUT2D eigenvalue weighted by Crippen LogP contribution is -2.41. The van der Waals surface area contributed by atoms with Gasteiger partial charge in [-0.3, -0.25) is 29.0 Å². The van der Waals surface area contributed by atoms with E-state index in [0.29, 0.717) is 35.3 Å². The number of nitrogens with one attached hydrogen (secondary N) is 2. The molecule has 9 heteroatoms. The number of imide groups is 2. The maximum Gasteiger partial charge on any atom is 0.261 e. The Bertz CT molecular complexity index is 1540. The monoisotopic (exact) mass is 698 g/mol. The summed E-state index contributed by atoms with van der Waals surface area (Å²) in [6.45, 7) is 4.27. The van der Waals surface area contributed by atoms with Crippen molar-refractivity contribution >= 4 is 62.2 Å². The molecule has 4 aromatic rings. The predicted molar refractivity (Wildman–Crippen MR) is 192 cm³/mol. The highest BCUT2D eigenvalue weighted by atomic mass is 79.9. The van der Waals surface area contributed by atoms with Crippen molar-refractivity contribution in [3.8, 4) is 0 Å². The van der Waals surface area contributed by atoms with E-state index in [1.807, 2.05) is 72.8 Å². The number of benzene rings is 4. The third kappa shape index (κ3) is 7.48. The largest absolute Gasteiger partial charge is 0.317 e. The van der Waals surface area contributed by atoms with Crippen molar-refractivity contribution in [1.29, 1.82) is 0 Å². The lowest BCUT2D eigenvalue weighted by Gasteiger charge is -2.27. The lowest BCUT2D eigenvalue weighted by molar-refractivity contribution is 0.0593. The number of unbranched alkanes of at least 4 members (excludes halogenated alkanes) is 5. The molecule has 8 nitrogen and oxygen atoms in total. The highest BCUT2D eigenvalue weighted by Gasteiger charge is 2.33. The molecule has 4 aromatic carbocycles. The number of amides is 4. The van der Waals surface area contributed by atoms with Gasteiger partial charge in [0.15, 0.2) is 0 Å². The van der Waals surface area contributed by atoms with Gasteiger partial charge in [0.25, 0.3) is 23.6 Å². The minimum absolute atomic E-state index is 0. The summed E-state index contributed by atoms with van der Waals surface area (Å²) >= 11 is 0. The van der Waals surface area contributed by atoms with Gasteiger partial charge in [-0.25, -0.2) is 0 Å². The average Bonchev–Trinajstić information content (AvgIpc) is 3.08. The van der Waals surface area contributed by atoms with Crippen LogP contribution in [-0.4, -0.2) is 72.7 Å². The smallest absolute Gasteiger partial charge is 0.261 e. The van der Waals surface area contributed by atoms with Crippen LogP contribution in [0.2, 0.25) is 0 Å². The van der Waals surface area contributed by atoms with Crippen molar-refractivity contribution in [3.63, 3.8) is 0 Å². The highest BCUT2D eigenvalue weighted by molar-refractivity contribution is 8.93. The van der Waals surface area contributed by atoms with Crippen LogP contribution in [0.25, 0.3) is 21.5 Å². The molecular formula is C38H43BrN4O4. The Balaban J connectivity index is 0.00000433. The van der Waals surface area contributed by atoms with Crippen LogP contribution in [0.4, 0.5) is 0 Å². The van der Waals surface area contributed by atoms with Crippen molar-refractivity contribution < 1.29 is 19.2 Å². The van der Waals surface area contributed by atoms with Gasteiger partial charge in [-0.15, -0.1) is 17.0 Å². The quantitative estimate of drug-likeness (QED) is 0.0934. The van der Waals surface area contributed by atoms with Crippen LogP contribution in [0.15, 0.2) is 72.8 Å². The van der Waals surface area contributed by atoms with Crippen molar-refractivity contribution in [3.05, 3.63) is 95.1 Å². The second-order valence-corrected chi connectivity index (χ2v) is 12.3. The molecule has 2 aliphatic rings. The van der Waals surface area contributed by atoms with E-state index < -0.39 is 0 Å². The van der Waals surface area contributed by atoms with Gasteiger partial charge >= 0.3 is 0 Å². The molecule has 0 bridgehead atoms. The van der Waals surface area contributed by atoms with Crippen molar-refractivity contribution in [2.45, 2.75) is 51.4 Å². The Morgan fingerprint density at radius 2 is 0.702 bits per heavy atom. The molecule has 0 aromatic heterocycles. The third-order valence-corrected chi connectivity index (χ3v) is 9.14. The fourth-order valence-electron chi connectivity index (χ4n) is 6.75. The SMILES string of the molecule is Br.O=C1c2cccc3cccc(c23)C(=O)N1CCCNCCCCCCCCNCCCN1C(=O)c2cccc3cccc(c23)C1=O. The molecule has 0 radical (unpaired) electrons. The van der Waals surface area contributed by atoms with Crippen LogP contribution in [0, 0.1) is 0 Å². The van der Waals surface area contributed by atoms with E-state index in [9.17, 15) is 19.2 Å². The summed E-state index contributed by atoms with van der Waals surface area (Å²) in [5, 5.41) is 10.3. The lowest BCUT2D eigenvalue weighted by atomic mass is 9.94. The number of carbonyl (C=O) groups is 4. The first-order valence-electron chi connectivity index (χ1n) is 16.7. The molecule has 0 aliphatic carbocycles. The van der Waals surface area contributed by atoms with Crippen LogP contribution < -0.4 is 10.6 Å². The van der Waals surface area contributed by atoms with Crippen LogP contribution in [0.5, 0.6) is 0 Å². The van der Waals surface area contributed by atoms with Crippen LogP contribution in [0.1, 0.15) is 92.8 Å². The number of hydrogen-bond acceptors (Lipinski definition) is 6. The molecule has 0 spiro atoms.